The maximum atomic E-state index is 12.6. The molecule has 0 bridgehead atoms. The van der Waals surface area contributed by atoms with Gasteiger partial charge in [0.1, 0.15) is 5.82 Å². The highest BCUT2D eigenvalue weighted by Crippen LogP contribution is 2.40. The summed E-state index contributed by atoms with van der Waals surface area (Å²) in [7, 11) is -2.51. The zero-order valence-corrected chi connectivity index (χ0v) is 20.0. The van der Waals surface area contributed by atoms with E-state index in [2.05, 4.69) is 42.6 Å². The third-order valence-electron chi connectivity index (χ3n) is 6.22. The van der Waals surface area contributed by atoms with Gasteiger partial charge in [-0.3, -0.25) is 0 Å². The predicted molar refractivity (Wildman–Crippen MR) is 125 cm³/mol. The number of hydrogen-bond acceptors (Lipinski definition) is 9. The van der Waals surface area contributed by atoms with Crippen LogP contribution in [0.3, 0.4) is 0 Å². The van der Waals surface area contributed by atoms with Crippen molar-refractivity contribution in [3.05, 3.63) is 35.5 Å². The maximum absolute atomic E-state index is 12.6. The van der Waals surface area contributed by atoms with Crippen LogP contribution in [0.5, 0.6) is 11.8 Å². The first kappa shape index (κ1) is 22.7. The Hall–Kier alpha value is -2.48. The average molecular weight is 460 g/mol. The number of nitrogens with two attached hydrogens (primary N) is 2. The molecule has 172 valence electrons. The minimum absolute atomic E-state index is 0.0673. The molecule has 2 aromatic heterocycles. The van der Waals surface area contributed by atoms with Gasteiger partial charge in [0, 0.05) is 53.4 Å². The molecule has 0 aliphatic carbocycles. The Balaban J connectivity index is 1.51. The molecule has 0 radical (unpaired) electrons. The maximum Gasteiger partial charge on any atom is 0.808 e. The smallest absolute Gasteiger partial charge is 0.354 e. The zero-order valence-electron chi connectivity index (χ0n) is 19.1. The van der Waals surface area contributed by atoms with Gasteiger partial charge in [0.25, 0.3) is 11.8 Å². The summed E-state index contributed by atoms with van der Waals surface area (Å²) >= 11 is 0. The van der Waals surface area contributed by atoms with Gasteiger partial charge in [0.05, 0.1) is 11.4 Å². The molecule has 0 saturated carbocycles. The lowest BCUT2D eigenvalue weighted by atomic mass is 9.86. The van der Waals surface area contributed by atoms with E-state index in [1.54, 1.807) is 17.1 Å². The Labute approximate surface area is 190 Å². The van der Waals surface area contributed by atoms with Gasteiger partial charge >= 0.3 is 8.25 Å². The second-order valence-corrected chi connectivity index (χ2v) is 9.85. The first-order valence-electron chi connectivity index (χ1n) is 11.1. The standard InChI is InChI=1S/C22H32N6O3P/c1-13(2)15-9-12-28(24)18-6-8-19(25-21(15)18)30-32(29)31-20-7-5-16-17(23)10-11-27(14(3)4)22(16)26-20/h5-8,13-15,17H,9-12,23-24H2,1-4H3/q+1. The van der Waals surface area contributed by atoms with Crippen LogP contribution in [0.1, 0.15) is 63.8 Å². The summed E-state index contributed by atoms with van der Waals surface area (Å²) in [6, 6.07) is 7.29. The SMILES string of the molecule is CC(C)C1CCN(N)c2ccc(O[P+](=O)Oc3ccc4c(n3)N(C(C)C)CCC4N)nc21. The van der Waals surface area contributed by atoms with Crippen molar-refractivity contribution < 1.29 is 13.6 Å². The topological polar surface area (TPSA) is 120 Å². The molecule has 32 heavy (non-hydrogen) atoms. The summed E-state index contributed by atoms with van der Waals surface area (Å²) in [6.45, 7) is 10.1. The van der Waals surface area contributed by atoms with Crippen molar-refractivity contribution >= 4 is 19.8 Å². The van der Waals surface area contributed by atoms with E-state index < -0.39 is 8.25 Å². The van der Waals surface area contributed by atoms with E-state index >= 15 is 0 Å². The molecule has 9 nitrogen and oxygen atoms in total. The Morgan fingerprint density at radius 3 is 2.41 bits per heavy atom. The lowest BCUT2D eigenvalue weighted by Crippen LogP contribution is -2.39. The van der Waals surface area contributed by atoms with Gasteiger partial charge < -0.3 is 15.6 Å². The Morgan fingerprint density at radius 1 is 1.03 bits per heavy atom. The van der Waals surface area contributed by atoms with Crippen molar-refractivity contribution in [2.24, 2.45) is 17.5 Å². The molecule has 4 N–H and O–H groups in total. The molecule has 0 saturated heterocycles. The number of anilines is 2. The second-order valence-electron chi connectivity index (χ2n) is 9.04. The third-order valence-corrected chi connectivity index (χ3v) is 6.89. The van der Waals surface area contributed by atoms with E-state index in [9.17, 15) is 4.57 Å². The van der Waals surface area contributed by atoms with Gasteiger partial charge in [-0.2, -0.15) is 4.98 Å². The van der Waals surface area contributed by atoms with Gasteiger partial charge in [0.15, 0.2) is 0 Å². The zero-order chi connectivity index (χ0) is 23.0. The third kappa shape index (κ3) is 4.51. The number of hydrogen-bond donors (Lipinski definition) is 2. The van der Waals surface area contributed by atoms with Crippen LogP contribution in [0.25, 0.3) is 0 Å². The van der Waals surface area contributed by atoms with E-state index in [0.717, 1.165) is 48.7 Å². The van der Waals surface area contributed by atoms with Crippen molar-refractivity contribution in [3.8, 4) is 11.8 Å². The largest absolute Gasteiger partial charge is 0.808 e. The fourth-order valence-electron chi connectivity index (χ4n) is 4.43. The number of aromatic nitrogens is 2. The van der Waals surface area contributed by atoms with Crippen molar-refractivity contribution in [1.82, 2.24) is 9.97 Å². The first-order chi connectivity index (χ1) is 15.2. The van der Waals surface area contributed by atoms with Crippen LogP contribution in [0, 0.1) is 5.92 Å². The van der Waals surface area contributed by atoms with Gasteiger partial charge in [0.2, 0.25) is 0 Å². The Kier molecular flexibility index (Phi) is 6.51. The van der Waals surface area contributed by atoms with Crippen molar-refractivity contribution in [1.29, 1.82) is 0 Å². The Bertz CT molecular complexity index is 924. The van der Waals surface area contributed by atoms with E-state index in [1.807, 2.05) is 12.1 Å². The van der Waals surface area contributed by atoms with Gasteiger partial charge in [-0.1, -0.05) is 13.8 Å². The highest BCUT2D eigenvalue weighted by atomic mass is 31.1. The summed E-state index contributed by atoms with van der Waals surface area (Å²) in [5.74, 6) is 8.03. The highest BCUT2D eigenvalue weighted by molar-refractivity contribution is 7.34. The summed E-state index contributed by atoms with van der Waals surface area (Å²) in [5.41, 5.74) is 8.96. The monoisotopic (exact) mass is 459 g/mol. The molecule has 4 rings (SSSR count). The molecule has 0 fully saturated rings. The van der Waals surface area contributed by atoms with Crippen molar-refractivity contribution in [2.45, 2.75) is 58.5 Å². The quantitative estimate of drug-likeness (QED) is 0.487. The van der Waals surface area contributed by atoms with Crippen LogP contribution >= 0.6 is 8.25 Å². The average Bonchev–Trinajstić information content (AvgIpc) is 2.73. The minimum Gasteiger partial charge on any atom is -0.354 e. The first-order valence-corrected chi connectivity index (χ1v) is 12.2. The molecule has 0 amide bonds. The van der Waals surface area contributed by atoms with Gasteiger partial charge in [-0.05, 0) is 44.7 Å². The molecule has 2 aliphatic rings. The fourth-order valence-corrected chi connectivity index (χ4v) is 4.97. The summed E-state index contributed by atoms with van der Waals surface area (Å²) in [4.78, 5) is 11.4. The fraction of sp³-hybridized carbons (Fsp3) is 0.545. The number of pyridine rings is 2. The molecule has 3 atom stereocenters. The summed E-state index contributed by atoms with van der Waals surface area (Å²) in [5, 5.41) is 1.70. The van der Waals surface area contributed by atoms with Crippen LogP contribution in [0.15, 0.2) is 24.3 Å². The molecule has 0 spiro atoms. The van der Waals surface area contributed by atoms with Crippen LogP contribution < -0.4 is 30.5 Å². The molecule has 0 aromatic carbocycles. The lowest BCUT2D eigenvalue weighted by molar-refractivity contribution is 0.396. The van der Waals surface area contributed by atoms with Gasteiger partial charge in [-0.15, -0.1) is 0 Å². The van der Waals surface area contributed by atoms with Crippen LogP contribution in [0.4, 0.5) is 11.5 Å². The molecule has 2 aromatic rings. The second kappa shape index (κ2) is 9.17. The molecule has 2 aliphatic heterocycles. The molecule has 3 unspecified atom stereocenters. The lowest BCUT2D eigenvalue weighted by Gasteiger charge is -2.35. The Morgan fingerprint density at radius 2 is 1.72 bits per heavy atom. The molecule has 10 heteroatoms. The highest BCUT2D eigenvalue weighted by Gasteiger charge is 2.33. The number of fused-ring (bicyclic) bond motifs is 2. The number of nitrogens with zero attached hydrogens (tertiary/aromatic N) is 4. The van der Waals surface area contributed by atoms with Crippen LogP contribution in [-0.4, -0.2) is 29.1 Å². The van der Waals surface area contributed by atoms with Crippen LogP contribution in [0.2, 0.25) is 0 Å². The van der Waals surface area contributed by atoms with E-state index in [-0.39, 0.29) is 29.8 Å². The van der Waals surface area contributed by atoms with E-state index in [4.69, 9.17) is 20.6 Å². The van der Waals surface area contributed by atoms with E-state index in [1.165, 1.54) is 0 Å². The number of hydrazine groups is 1. The summed E-state index contributed by atoms with van der Waals surface area (Å²) < 4.78 is 23.7. The normalized spacial score (nSPS) is 20.8. The minimum atomic E-state index is -2.51. The van der Waals surface area contributed by atoms with E-state index in [0.29, 0.717) is 5.92 Å². The summed E-state index contributed by atoms with van der Waals surface area (Å²) in [6.07, 6.45) is 1.78. The van der Waals surface area contributed by atoms with Crippen molar-refractivity contribution in [2.75, 3.05) is 23.0 Å². The molecular formula is C22H32N6O3P+. The van der Waals surface area contributed by atoms with Crippen LogP contribution in [-0.2, 0) is 4.57 Å². The molecule has 4 heterocycles. The van der Waals surface area contributed by atoms with Gasteiger partial charge in [-0.25, -0.2) is 19.9 Å². The van der Waals surface area contributed by atoms with Crippen molar-refractivity contribution in [3.63, 3.8) is 0 Å². The predicted octanol–water partition coefficient (Wildman–Crippen LogP) is 4.03. The molecular weight excluding hydrogens is 427 g/mol. The number of rotatable bonds is 6.